The highest BCUT2D eigenvalue weighted by atomic mass is 19.1. The average Bonchev–Trinajstić information content (AvgIpc) is 2.39. The van der Waals surface area contributed by atoms with Crippen molar-refractivity contribution in [2.24, 2.45) is 5.92 Å². The maximum atomic E-state index is 12.8. The van der Waals surface area contributed by atoms with Crippen molar-refractivity contribution in [3.8, 4) is 0 Å². The predicted molar refractivity (Wildman–Crippen MR) is 62.9 cm³/mol. The van der Waals surface area contributed by atoms with Gasteiger partial charge in [-0.3, -0.25) is 0 Å². The normalized spacial score (nSPS) is 23.7. The molecule has 1 N–H and O–H groups in total. The summed E-state index contributed by atoms with van der Waals surface area (Å²) in [7, 11) is 0. The number of aldehydes is 1. The van der Waals surface area contributed by atoms with Crippen molar-refractivity contribution < 1.29 is 19.1 Å². The first-order chi connectivity index (χ1) is 8.61. The summed E-state index contributed by atoms with van der Waals surface area (Å²) in [4.78, 5) is 23.2. The van der Waals surface area contributed by atoms with Crippen LogP contribution in [0.15, 0.2) is 24.3 Å². The van der Waals surface area contributed by atoms with Crippen LogP contribution < -0.4 is 0 Å². The molecule has 1 aromatic carbocycles. The zero-order chi connectivity index (χ0) is 13.1. The van der Waals surface area contributed by atoms with Crippen molar-refractivity contribution in [1.29, 1.82) is 0 Å². The standard InChI is InChI=1S/C13H14FNO3/c14-11-3-1-9(2-4-11)12-5-6-15(13(17)18)7-10(12)8-16/h1-4,8,10,12H,5-7H2,(H,17,18). The van der Waals surface area contributed by atoms with Gasteiger partial charge in [-0.05, 0) is 30.0 Å². The lowest BCUT2D eigenvalue weighted by molar-refractivity contribution is -0.112. The Morgan fingerprint density at radius 1 is 1.39 bits per heavy atom. The molecule has 1 aliphatic rings. The lowest BCUT2D eigenvalue weighted by atomic mass is 9.81. The first kappa shape index (κ1) is 12.5. The smallest absolute Gasteiger partial charge is 0.407 e. The fourth-order valence-corrected chi connectivity index (χ4v) is 2.42. The zero-order valence-corrected chi connectivity index (χ0v) is 9.75. The minimum atomic E-state index is -1.00. The van der Waals surface area contributed by atoms with Crippen LogP contribution in [0.2, 0.25) is 0 Å². The van der Waals surface area contributed by atoms with Crippen molar-refractivity contribution in [3.05, 3.63) is 35.6 Å². The van der Waals surface area contributed by atoms with E-state index in [2.05, 4.69) is 0 Å². The van der Waals surface area contributed by atoms with Crippen molar-refractivity contribution in [2.75, 3.05) is 13.1 Å². The van der Waals surface area contributed by atoms with Gasteiger partial charge in [0.15, 0.2) is 0 Å². The number of halogens is 1. The third kappa shape index (κ3) is 2.50. The quantitative estimate of drug-likeness (QED) is 0.819. The second-order valence-electron chi connectivity index (χ2n) is 4.48. The van der Waals surface area contributed by atoms with Gasteiger partial charge in [-0.1, -0.05) is 12.1 Å². The highest BCUT2D eigenvalue weighted by Gasteiger charge is 2.32. The minimum Gasteiger partial charge on any atom is -0.465 e. The lowest BCUT2D eigenvalue weighted by Gasteiger charge is -2.34. The van der Waals surface area contributed by atoms with Gasteiger partial charge in [-0.2, -0.15) is 0 Å². The Morgan fingerprint density at radius 2 is 2.06 bits per heavy atom. The molecule has 2 atom stereocenters. The molecule has 5 heteroatoms. The van der Waals surface area contributed by atoms with Gasteiger partial charge in [-0.15, -0.1) is 0 Å². The summed E-state index contributed by atoms with van der Waals surface area (Å²) in [5.41, 5.74) is 0.888. The van der Waals surface area contributed by atoms with E-state index in [0.29, 0.717) is 13.0 Å². The number of amides is 1. The number of hydrogen-bond donors (Lipinski definition) is 1. The zero-order valence-electron chi connectivity index (χ0n) is 9.75. The number of rotatable bonds is 2. The molecule has 96 valence electrons. The van der Waals surface area contributed by atoms with E-state index in [1.54, 1.807) is 12.1 Å². The fraction of sp³-hybridized carbons (Fsp3) is 0.385. The van der Waals surface area contributed by atoms with Crippen LogP contribution in [0.1, 0.15) is 17.9 Å². The minimum absolute atomic E-state index is 0.0290. The third-order valence-corrected chi connectivity index (χ3v) is 3.40. The number of carboxylic acid groups (broad SMARTS) is 1. The van der Waals surface area contributed by atoms with Crippen molar-refractivity contribution in [2.45, 2.75) is 12.3 Å². The summed E-state index contributed by atoms with van der Waals surface area (Å²) in [6, 6.07) is 6.04. The fourth-order valence-electron chi connectivity index (χ4n) is 2.42. The largest absolute Gasteiger partial charge is 0.465 e. The van der Waals surface area contributed by atoms with Crippen LogP contribution in [0.4, 0.5) is 9.18 Å². The molecule has 1 aromatic rings. The summed E-state index contributed by atoms with van der Waals surface area (Å²) in [5.74, 6) is -0.705. The monoisotopic (exact) mass is 251 g/mol. The Labute approximate surface area is 104 Å². The second kappa shape index (κ2) is 5.16. The maximum Gasteiger partial charge on any atom is 0.407 e. The molecule has 2 unspecified atom stereocenters. The van der Waals surface area contributed by atoms with Gasteiger partial charge in [0.2, 0.25) is 0 Å². The molecule has 0 aromatic heterocycles. The summed E-state index contributed by atoms with van der Waals surface area (Å²) in [5, 5.41) is 8.91. The van der Waals surface area contributed by atoms with Crippen molar-refractivity contribution in [3.63, 3.8) is 0 Å². The van der Waals surface area contributed by atoms with Gasteiger partial charge in [0.25, 0.3) is 0 Å². The summed E-state index contributed by atoms with van der Waals surface area (Å²) >= 11 is 0. The van der Waals surface area contributed by atoms with Crippen LogP contribution in [-0.2, 0) is 4.79 Å². The molecule has 0 bridgehead atoms. The molecule has 1 fully saturated rings. The van der Waals surface area contributed by atoms with E-state index < -0.39 is 6.09 Å². The van der Waals surface area contributed by atoms with Crippen LogP contribution in [0, 0.1) is 11.7 Å². The van der Waals surface area contributed by atoms with Gasteiger partial charge < -0.3 is 14.8 Å². The Bertz CT molecular complexity index is 446. The molecule has 0 aliphatic carbocycles. The molecule has 1 saturated heterocycles. The highest BCUT2D eigenvalue weighted by molar-refractivity contribution is 5.67. The molecule has 18 heavy (non-hydrogen) atoms. The molecule has 2 rings (SSSR count). The van der Waals surface area contributed by atoms with E-state index in [9.17, 15) is 14.0 Å². The van der Waals surface area contributed by atoms with Crippen LogP contribution in [0.3, 0.4) is 0 Å². The van der Waals surface area contributed by atoms with E-state index >= 15 is 0 Å². The Kier molecular flexibility index (Phi) is 3.60. The molecule has 1 amide bonds. The van der Waals surface area contributed by atoms with Gasteiger partial charge in [0.05, 0.1) is 0 Å². The van der Waals surface area contributed by atoms with Gasteiger partial charge >= 0.3 is 6.09 Å². The number of carbonyl (C=O) groups is 2. The number of nitrogens with zero attached hydrogens (tertiary/aromatic N) is 1. The third-order valence-electron chi connectivity index (χ3n) is 3.40. The maximum absolute atomic E-state index is 12.8. The Balaban J connectivity index is 2.16. The van der Waals surface area contributed by atoms with E-state index in [1.165, 1.54) is 17.0 Å². The first-order valence-corrected chi connectivity index (χ1v) is 5.80. The molecule has 0 spiro atoms. The average molecular weight is 251 g/mol. The lowest BCUT2D eigenvalue weighted by Crippen LogP contribution is -2.42. The van der Waals surface area contributed by atoms with E-state index in [-0.39, 0.29) is 24.2 Å². The Hall–Kier alpha value is -1.91. The second-order valence-corrected chi connectivity index (χ2v) is 4.48. The van der Waals surface area contributed by atoms with E-state index in [0.717, 1.165) is 11.8 Å². The number of likely N-dealkylation sites (tertiary alicyclic amines) is 1. The van der Waals surface area contributed by atoms with Crippen LogP contribution in [-0.4, -0.2) is 35.5 Å². The number of piperidine rings is 1. The van der Waals surface area contributed by atoms with Crippen LogP contribution >= 0.6 is 0 Å². The summed E-state index contributed by atoms with van der Waals surface area (Å²) in [6.07, 6.45) is 0.379. The van der Waals surface area contributed by atoms with Crippen LogP contribution in [0.25, 0.3) is 0 Å². The number of hydrogen-bond acceptors (Lipinski definition) is 2. The molecule has 4 nitrogen and oxygen atoms in total. The SMILES string of the molecule is O=CC1CN(C(=O)O)CCC1c1ccc(F)cc1. The first-order valence-electron chi connectivity index (χ1n) is 5.80. The number of carbonyl (C=O) groups excluding carboxylic acids is 1. The number of benzene rings is 1. The van der Waals surface area contributed by atoms with Crippen molar-refractivity contribution >= 4 is 12.4 Å². The molecule has 1 aliphatic heterocycles. The van der Waals surface area contributed by atoms with Crippen molar-refractivity contribution in [1.82, 2.24) is 4.90 Å². The summed E-state index contributed by atoms with van der Waals surface area (Å²) < 4.78 is 12.8. The van der Waals surface area contributed by atoms with Gasteiger partial charge in [-0.25, -0.2) is 9.18 Å². The molecular weight excluding hydrogens is 237 g/mol. The highest BCUT2D eigenvalue weighted by Crippen LogP contribution is 2.32. The van der Waals surface area contributed by atoms with Crippen LogP contribution in [0.5, 0.6) is 0 Å². The van der Waals surface area contributed by atoms with Gasteiger partial charge in [0, 0.05) is 19.0 Å². The molecule has 0 radical (unpaired) electrons. The van der Waals surface area contributed by atoms with E-state index in [4.69, 9.17) is 5.11 Å². The molecular formula is C13H14FNO3. The summed E-state index contributed by atoms with van der Waals surface area (Å²) in [6.45, 7) is 0.614. The predicted octanol–water partition coefficient (Wildman–Crippen LogP) is 2.11. The molecule has 0 saturated carbocycles. The van der Waals surface area contributed by atoms with E-state index in [1.807, 2.05) is 0 Å². The van der Waals surface area contributed by atoms with Gasteiger partial charge in [0.1, 0.15) is 12.1 Å². The molecule has 1 heterocycles. The Morgan fingerprint density at radius 3 is 2.61 bits per heavy atom. The topological polar surface area (TPSA) is 57.6 Å².